The van der Waals surface area contributed by atoms with Gasteiger partial charge in [0.1, 0.15) is 0 Å². The third-order valence-corrected chi connectivity index (χ3v) is 4.51. The first-order valence-electron chi connectivity index (χ1n) is 7.30. The van der Waals surface area contributed by atoms with Crippen LogP contribution in [0.25, 0.3) is 0 Å². The lowest BCUT2D eigenvalue weighted by atomic mass is 10.0. The van der Waals surface area contributed by atoms with Gasteiger partial charge in [-0.15, -0.1) is 11.3 Å². The lowest BCUT2D eigenvalue weighted by molar-refractivity contribution is -0.123. The zero-order valence-corrected chi connectivity index (χ0v) is 12.5. The Bertz CT molecular complexity index is 425. The van der Waals surface area contributed by atoms with Crippen LogP contribution in [0.15, 0.2) is 17.5 Å². The molecule has 1 aromatic heterocycles. The number of carbonyl (C=O) groups excluding carboxylic acids is 2. The SMILES string of the molecule is O=C(Cc1cccs1)NCCNC(=O)CC1CCCC1. The van der Waals surface area contributed by atoms with Crippen LogP contribution in [0.2, 0.25) is 0 Å². The summed E-state index contributed by atoms with van der Waals surface area (Å²) >= 11 is 1.58. The largest absolute Gasteiger partial charge is 0.354 e. The van der Waals surface area contributed by atoms with Crippen molar-refractivity contribution in [1.29, 1.82) is 0 Å². The number of rotatable bonds is 7. The van der Waals surface area contributed by atoms with Crippen molar-refractivity contribution in [3.63, 3.8) is 0 Å². The van der Waals surface area contributed by atoms with Crippen molar-refractivity contribution < 1.29 is 9.59 Å². The molecule has 5 heteroatoms. The molecule has 4 nitrogen and oxygen atoms in total. The van der Waals surface area contributed by atoms with E-state index in [-0.39, 0.29) is 11.8 Å². The third-order valence-electron chi connectivity index (χ3n) is 3.63. The molecule has 2 amide bonds. The molecule has 0 unspecified atom stereocenters. The molecule has 1 aliphatic rings. The summed E-state index contributed by atoms with van der Waals surface area (Å²) in [6, 6.07) is 3.89. The fourth-order valence-electron chi connectivity index (χ4n) is 2.59. The number of hydrogen-bond donors (Lipinski definition) is 2. The summed E-state index contributed by atoms with van der Waals surface area (Å²) in [5.74, 6) is 0.699. The number of nitrogens with one attached hydrogen (secondary N) is 2. The van der Waals surface area contributed by atoms with Crippen molar-refractivity contribution in [2.75, 3.05) is 13.1 Å². The minimum Gasteiger partial charge on any atom is -0.354 e. The molecular weight excluding hydrogens is 272 g/mol. The van der Waals surface area contributed by atoms with Gasteiger partial charge in [-0.3, -0.25) is 9.59 Å². The van der Waals surface area contributed by atoms with Gasteiger partial charge >= 0.3 is 0 Å². The van der Waals surface area contributed by atoms with Gasteiger partial charge in [0.2, 0.25) is 11.8 Å². The molecule has 110 valence electrons. The number of thiophene rings is 1. The van der Waals surface area contributed by atoms with Gasteiger partial charge < -0.3 is 10.6 Å². The first-order chi connectivity index (χ1) is 9.74. The van der Waals surface area contributed by atoms with E-state index in [0.29, 0.717) is 31.8 Å². The van der Waals surface area contributed by atoms with E-state index in [4.69, 9.17) is 0 Å². The predicted octanol–water partition coefficient (Wildman–Crippen LogP) is 2.10. The summed E-state index contributed by atoms with van der Waals surface area (Å²) in [7, 11) is 0. The second kappa shape index (κ2) is 8.04. The van der Waals surface area contributed by atoms with Gasteiger partial charge in [-0.05, 0) is 30.2 Å². The summed E-state index contributed by atoms with van der Waals surface area (Å²) in [6.07, 6.45) is 5.96. The van der Waals surface area contributed by atoms with E-state index in [0.717, 1.165) is 4.88 Å². The Morgan fingerprint density at radius 3 is 2.50 bits per heavy atom. The zero-order chi connectivity index (χ0) is 14.2. The first kappa shape index (κ1) is 15.0. The van der Waals surface area contributed by atoms with E-state index in [1.54, 1.807) is 11.3 Å². The average molecular weight is 294 g/mol. The molecule has 0 atom stereocenters. The third kappa shape index (κ3) is 5.33. The molecule has 0 spiro atoms. The molecule has 1 saturated carbocycles. The van der Waals surface area contributed by atoms with Crippen molar-refractivity contribution in [3.8, 4) is 0 Å². The van der Waals surface area contributed by atoms with Crippen LogP contribution < -0.4 is 10.6 Å². The Labute approximate surface area is 124 Å². The fraction of sp³-hybridized carbons (Fsp3) is 0.600. The molecule has 1 heterocycles. The van der Waals surface area contributed by atoms with E-state index in [1.807, 2.05) is 17.5 Å². The number of amides is 2. The fourth-order valence-corrected chi connectivity index (χ4v) is 3.29. The quantitative estimate of drug-likeness (QED) is 0.757. The van der Waals surface area contributed by atoms with Gasteiger partial charge in [0.15, 0.2) is 0 Å². The average Bonchev–Trinajstić information content (AvgIpc) is 3.08. The molecule has 0 bridgehead atoms. The second-order valence-electron chi connectivity index (χ2n) is 5.31. The van der Waals surface area contributed by atoms with Crippen LogP contribution in [0.3, 0.4) is 0 Å². The predicted molar refractivity (Wildman–Crippen MR) is 80.6 cm³/mol. The number of carbonyl (C=O) groups is 2. The summed E-state index contributed by atoms with van der Waals surface area (Å²) in [4.78, 5) is 24.4. The minimum atomic E-state index is 0.0116. The summed E-state index contributed by atoms with van der Waals surface area (Å²) in [5.41, 5.74) is 0. The molecule has 1 aliphatic carbocycles. The van der Waals surface area contributed by atoms with Crippen molar-refractivity contribution in [2.24, 2.45) is 5.92 Å². The van der Waals surface area contributed by atoms with Crippen LogP contribution in [0, 0.1) is 5.92 Å². The Morgan fingerprint density at radius 2 is 1.85 bits per heavy atom. The maximum Gasteiger partial charge on any atom is 0.225 e. The van der Waals surface area contributed by atoms with Crippen molar-refractivity contribution in [3.05, 3.63) is 22.4 Å². The van der Waals surface area contributed by atoms with Crippen LogP contribution in [-0.4, -0.2) is 24.9 Å². The first-order valence-corrected chi connectivity index (χ1v) is 8.18. The molecule has 0 aliphatic heterocycles. The minimum absolute atomic E-state index is 0.0116. The molecule has 0 saturated heterocycles. The zero-order valence-electron chi connectivity index (χ0n) is 11.7. The summed E-state index contributed by atoms with van der Waals surface area (Å²) in [5, 5.41) is 7.66. The summed E-state index contributed by atoms with van der Waals surface area (Å²) < 4.78 is 0. The Hall–Kier alpha value is -1.36. The lowest BCUT2D eigenvalue weighted by Crippen LogP contribution is -2.35. The van der Waals surface area contributed by atoms with Gasteiger partial charge in [0.05, 0.1) is 6.42 Å². The van der Waals surface area contributed by atoms with Crippen LogP contribution >= 0.6 is 11.3 Å². The normalized spacial score (nSPS) is 15.2. The van der Waals surface area contributed by atoms with Crippen molar-refractivity contribution in [1.82, 2.24) is 10.6 Å². The molecule has 0 radical (unpaired) electrons. The van der Waals surface area contributed by atoms with Crippen LogP contribution in [-0.2, 0) is 16.0 Å². The van der Waals surface area contributed by atoms with E-state index in [2.05, 4.69) is 10.6 Å². The monoisotopic (exact) mass is 294 g/mol. The molecule has 2 rings (SSSR count). The lowest BCUT2D eigenvalue weighted by Gasteiger charge is -2.10. The van der Waals surface area contributed by atoms with Gasteiger partial charge in [0.25, 0.3) is 0 Å². The van der Waals surface area contributed by atoms with Gasteiger partial charge in [0, 0.05) is 24.4 Å². The summed E-state index contributed by atoms with van der Waals surface area (Å²) in [6.45, 7) is 1.02. The molecule has 1 aromatic rings. The van der Waals surface area contributed by atoms with Crippen LogP contribution in [0.5, 0.6) is 0 Å². The maximum atomic E-state index is 11.7. The van der Waals surface area contributed by atoms with E-state index >= 15 is 0 Å². The number of hydrogen-bond acceptors (Lipinski definition) is 3. The second-order valence-corrected chi connectivity index (χ2v) is 6.34. The van der Waals surface area contributed by atoms with E-state index < -0.39 is 0 Å². The Kier molecular flexibility index (Phi) is 6.05. The molecule has 1 fully saturated rings. The Morgan fingerprint density at radius 1 is 1.15 bits per heavy atom. The van der Waals surface area contributed by atoms with Crippen LogP contribution in [0.1, 0.15) is 37.0 Å². The molecule has 2 N–H and O–H groups in total. The standard InChI is InChI=1S/C15H22N2O2S/c18-14(10-12-4-1-2-5-12)16-7-8-17-15(19)11-13-6-3-9-20-13/h3,6,9,12H,1-2,4-5,7-8,10-11H2,(H,16,18)(H,17,19). The van der Waals surface area contributed by atoms with E-state index in [1.165, 1.54) is 25.7 Å². The highest BCUT2D eigenvalue weighted by Crippen LogP contribution is 2.27. The highest BCUT2D eigenvalue weighted by atomic mass is 32.1. The highest BCUT2D eigenvalue weighted by Gasteiger charge is 2.17. The Balaban J connectivity index is 1.52. The molecule has 20 heavy (non-hydrogen) atoms. The van der Waals surface area contributed by atoms with Crippen molar-refractivity contribution in [2.45, 2.75) is 38.5 Å². The smallest absolute Gasteiger partial charge is 0.225 e. The molecule has 0 aromatic carbocycles. The van der Waals surface area contributed by atoms with Crippen molar-refractivity contribution >= 4 is 23.2 Å². The van der Waals surface area contributed by atoms with Gasteiger partial charge in [-0.25, -0.2) is 0 Å². The topological polar surface area (TPSA) is 58.2 Å². The van der Waals surface area contributed by atoms with Gasteiger partial charge in [-0.1, -0.05) is 18.9 Å². The van der Waals surface area contributed by atoms with Crippen LogP contribution in [0.4, 0.5) is 0 Å². The van der Waals surface area contributed by atoms with Gasteiger partial charge in [-0.2, -0.15) is 0 Å². The maximum absolute atomic E-state index is 11.7. The molecular formula is C15H22N2O2S. The highest BCUT2D eigenvalue weighted by molar-refractivity contribution is 7.10. The van der Waals surface area contributed by atoms with E-state index in [9.17, 15) is 9.59 Å².